The van der Waals surface area contributed by atoms with E-state index in [1.54, 1.807) is 38.3 Å². The first-order chi connectivity index (χ1) is 11.0. The summed E-state index contributed by atoms with van der Waals surface area (Å²) in [5, 5.41) is 2.82. The van der Waals surface area contributed by atoms with Crippen LogP contribution in [-0.4, -0.2) is 23.8 Å². The quantitative estimate of drug-likeness (QED) is 0.833. The number of methoxy groups -OCH3 is 1. The highest BCUT2D eigenvalue weighted by atomic mass is 16.5. The highest BCUT2D eigenvalue weighted by molar-refractivity contribution is 5.95. The highest BCUT2D eigenvalue weighted by Gasteiger charge is 2.08. The molecule has 1 amide bonds. The van der Waals surface area contributed by atoms with Gasteiger partial charge in [0.1, 0.15) is 0 Å². The molecule has 120 valence electrons. The molecule has 0 saturated heterocycles. The van der Waals surface area contributed by atoms with E-state index in [9.17, 15) is 9.59 Å². The lowest BCUT2D eigenvalue weighted by Gasteiger charge is -2.08. The van der Waals surface area contributed by atoms with Gasteiger partial charge in [-0.05, 0) is 43.7 Å². The summed E-state index contributed by atoms with van der Waals surface area (Å²) in [5.74, 6) is -0.175. The number of ketones is 1. The Morgan fingerprint density at radius 1 is 1.13 bits per heavy atom. The van der Waals surface area contributed by atoms with Crippen LogP contribution in [0.4, 0.5) is 0 Å². The average molecular weight is 312 g/mol. The van der Waals surface area contributed by atoms with Gasteiger partial charge >= 0.3 is 0 Å². The molecule has 0 aliphatic rings. The second-order valence-electron chi connectivity index (χ2n) is 5.30. The van der Waals surface area contributed by atoms with Crippen LogP contribution >= 0.6 is 0 Å². The van der Waals surface area contributed by atoms with Crippen molar-refractivity contribution in [3.8, 4) is 0 Å². The number of hydrogen-bond acceptors (Lipinski definition) is 4. The number of carbonyl (C=O) groups excluding carboxylic acids is 2. The number of aromatic nitrogens is 1. The number of Topliss-reactive ketones (excluding diaryl/α,β-unsaturated/α-hetero) is 1. The monoisotopic (exact) mass is 312 g/mol. The number of hydrogen-bond donors (Lipinski definition) is 1. The molecule has 1 heterocycles. The van der Waals surface area contributed by atoms with Crippen LogP contribution < -0.4 is 5.32 Å². The maximum atomic E-state index is 12.1. The van der Waals surface area contributed by atoms with Gasteiger partial charge < -0.3 is 10.1 Å². The third-order valence-corrected chi connectivity index (χ3v) is 3.48. The second-order valence-corrected chi connectivity index (χ2v) is 5.30. The molecule has 5 heteroatoms. The fourth-order valence-electron chi connectivity index (χ4n) is 2.28. The molecule has 0 aliphatic heterocycles. The van der Waals surface area contributed by atoms with E-state index < -0.39 is 0 Å². The van der Waals surface area contributed by atoms with Gasteiger partial charge in [0.2, 0.25) is 0 Å². The van der Waals surface area contributed by atoms with E-state index in [4.69, 9.17) is 4.74 Å². The standard InChI is InChI=1S/C18H20N2O3/c1-12-17(13(2)21)9-8-16(20-12)10-19-18(22)15-6-4-14(5-7-15)11-23-3/h4-9H,10-11H2,1-3H3,(H,19,22). The van der Waals surface area contributed by atoms with Gasteiger partial charge in [0, 0.05) is 23.9 Å². The van der Waals surface area contributed by atoms with E-state index in [1.165, 1.54) is 6.92 Å². The fraction of sp³-hybridized carbons (Fsp3) is 0.278. The molecular formula is C18H20N2O3. The minimum absolute atomic E-state index is 0.0123. The molecule has 0 atom stereocenters. The normalized spacial score (nSPS) is 10.4. The number of nitrogens with zero attached hydrogens (tertiary/aromatic N) is 1. The van der Waals surface area contributed by atoms with Gasteiger partial charge in [-0.25, -0.2) is 0 Å². The lowest BCUT2D eigenvalue weighted by molar-refractivity contribution is 0.0948. The number of nitrogens with one attached hydrogen (secondary N) is 1. The molecule has 2 rings (SSSR count). The van der Waals surface area contributed by atoms with Gasteiger partial charge in [-0.1, -0.05) is 12.1 Å². The molecule has 1 aromatic carbocycles. The largest absolute Gasteiger partial charge is 0.380 e. The molecule has 0 unspecified atom stereocenters. The van der Waals surface area contributed by atoms with Gasteiger partial charge in [-0.3, -0.25) is 14.6 Å². The summed E-state index contributed by atoms with van der Waals surface area (Å²) in [6.07, 6.45) is 0. The number of carbonyl (C=O) groups is 2. The molecule has 0 fully saturated rings. The van der Waals surface area contributed by atoms with Crippen molar-refractivity contribution in [2.24, 2.45) is 0 Å². The second kappa shape index (κ2) is 7.65. The van der Waals surface area contributed by atoms with Crippen LogP contribution in [0.25, 0.3) is 0 Å². The van der Waals surface area contributed by atoms with E-state index in [0.717, 1.165) is 11.3 Å². The number of rotatable bonds is 6. The lowest BCUT2D eigenvalue weighted by atomic mass is 10.1. The minimum atomic E-state index is -0.163. The molecular weight excluding hydrogens is 292 g/mol. The Kier molecular flexibility index (Phi) is 5.60. The molecule has 0 aliphatic carbocycles. The lowest BCUT2D eigenvalue weighted by Crippen LogP contribution is -2.23. The number of amides is 1. The summed E-state index contributed by atoms with van der Waals surface area (Å²) < 4.78 is 5.04. The number of aryl methyl sites for hydroxylation is 1. The van der Waals surface area contributed by atoms with E-state index in [1.807, 2.05) is 12.1 Å². The topological polar surface area (TPSA) is 68.3 Å². The highest BCUT2D eigenvalue weighted by Crippen LogP contribution is 2.09. The summed E-state index contributed by atoms with van der Waals surface area (Å²) in [6, 6.07) is 10.8. The first-order valence-electron chi connectivity index (χ1n) is 7.35. The van der Waals surface area contributed by atoms with Gasteiger partial charge in [0.15, 0.2) is 5.78 Å². The summed E-state index contributed by atoms with van der Waals surface area (Å²) in [5.41, 5.74) is 3.60. The smallest absolute Gasteiger partial charge is 0.251 e. The number of benzene rings is 1. The van der Waals surface area contributed by atoms with Crippen molar-refractivity contribution in [2.75, 3.05) is 7.11 Å². The van der Waals surface area contributed by atoms with Gasteiger partial charge in [-0.15, -0.1) is 0 Å². The van der Waals surface area contributed by atoms with Crippen LogP contribution in [0.15, 0.2) is 36.4 Å². The Morgan fingerprint density at radius 3 is 2.39 bits per heavy atom. The van der Waals surface area contributed by atoms with Gasteiger partial charge in [0.05, 0.1) is 18.8 Å². The summed E-state index contributed by atoms with van der Waals surface area (Å²) in [6.45, 7) is 4.14. The Bertz CT molecular complexity index is 709. The van der Waals surface area contributed by atoms with Crippen LogP contribution in [0.1, 0.15) is 44.6 Å². The van der Waals surface area contributed by atoms with Crippen LogP contribution in [0.3, 0.4) is 0 Å². The van der Waals surface area contributed by atoms with Crippen molar-refractivity contribution in [3.05, 3.63) is 64.5 Å². The van der Waals surface area contributed by atoms with Crippen LogP contribution in [-0.2, 0) is 17.9 Å². The van der Waals surface area contributed by atoms with Crippen LogP contribution in [0.2, 0.25) is 0 Å². The van der Waals surface area contributed by atoms with Crippen molar-refractivity contribution in [2.45, 2.75) is 27.0 Å². The SMILES string of the molecule is COCc1ccc(C(=O)NCc2ccc(C(C)=O)c(C)n2)cc1. The molecule has 0 spiro atoms. The number of pyridine rings is 1. The first kappa shape index (κ1) is 16.8. The Balaban J connectivity index is 1.98. The summed E-state index contributed by atoms with van der Waals surface area (Å²) >= 11 is 0. The third kappa shape index (κ3) is 4.47. The third-order valence-electron chi connectivity index (χ3n) is 3.48. The fourth-order valence-corrected chi connectivity index (χ4v) is 2.28. The molecule has 5 nitrogen and oxygen atoms in total. The maximum absolute atomic E-state index is 12.1. The Morgan fingerprint density at radius 2 is 1.83 bits per heavy atom. The zero-order chi connectivity index (χ0) is 16.8. The van der Waals surface area contributed by atoms with E-state index in [2.05, 4.69) is 10.3 Å². The van der Waals surface area contributed by atoms with Crippen molar-refractivity contribution in [3.63, 3.8) is 0 Å². The molecule has 23 heavy (non-hydrogen) atoms. The zero-order valence-electron chi connectivity index (χ0n) is 13.6. The predicted molar refractivity (Wildman–Crippen MR) is 87.3 cm³/mol. The first-order valence-corrected chi connectivity index (χ1v) is 7.35. The van der Waals surface area contributed by atoms with E-state index in [-0.39, 0.29) is 11.7 Å². The van der Waals surface area contributed by atoms with Crippen molar-refractivity contribution >= 4 is 11.7 Å². The molecule has 1 aromatic heterocycles. The average Bonchev–Trinajstić information content (AvgIpc) is 2.53. The zero-order valence-corrected chi connectivity index (χ0v) is 13.6. The van der Waals surface area contributed by atoms with Crippen molar-refractivity contribution in [1.82, 2.24) is 10.3 Å². The van der Waals surface area contributed by atoms with Crippen LogP contribution in [0.5, 0.6) is 0 Å². The van der Waals surface area contributed by atoms with Gasteiger partial charge in [0.25, 0.3) is 5.91 Å². The Labute approximate surface area is 135 Å². The molecule has 0 radical (unpaired) electrons. The van der Waals surface area contributed by atoms with Crippen LogP contribution in [0, 0.1) is 6.92 Å². The minimum Gasteiger partial charge on any atom is -0.380 e. The maximum Gasteiger partial charge on any atom is 0.251 e. The number of ether oxygens (including phenoxy) is 1. The molecule has 0 saturated carbocycles. The molecule has 0 bridgehead atoms. The predicted octanol–water partition coefficient (Wildman–Crippen LogP) is 2.67. The molecule has 2 aromatic rings. The van der Waals surface area contributed by atoms with Crippen molar-refractivity contribution < 1.29 is 14.3 Å². The van der Waals surface area contributed by atoms with E-state index in [0.29, 0.717) is 30.0 Å². The summed E-state index contributed by atoms with van der Waals surface area (Å²) in [4.78, 5) is 27.9. The Hall–Kier alpha value is -2.53. The van der Waals surface area contributed by atoms with E-state index >= 15 is 0 Å². The summed E-state index contributed by atoms with van der Waals surface area (Å²) in [7, 11) is 1.63. The molecule has 1 N–H and O–H groups in total. The van der Waals surface area contributed by atoms with Gasteiger partial charge in [-0.2, -0.15) is 0 Å². The van der Waals surface area contributed by atoms with Crippen molar-refractivity contribution in [1.29, 1.82) is 0 Å².